The van der Waals surface area contributed by atoms with E-state index in [0.717, 1.165) is 6.07 Å². The number of hydrogen-bond acceptors (Lipinski definition) is 2. The molecular weight excluding hydrogens is 219 g/mol. The van der Waals surface area contributed by atoms with Gasteiger partial charge in [0.1, 0.15) is 5.15 Å². The molecule has 0 amide bonds. The van der Waals surface area contributed by atoms with Gasteiger partial charge in [-0.25, -0.2) is 4.98 Å². The zero-order valence-electron chi connectivity index (χ0n) is 7.14. The predicted octanol–water partition coefficient (Wildman–Crippen LogP) is 2.81. The Balaban J connectivity index is 3.30. The van der Waals surface area contributed by atoms with Crippen LogP contribution < -0.4 is 0 Å². The maximum atomic E-state index is 12.4. The first-order valence-corrected chi connectivity index (χ1v) is 4.12. The highest BCUT2D eigenvalue weighted by Gasteiger charge is 2.36. The van der Waals surface area contributed by atoms with Crippen molar-refractivity contribution in [3.63, 3.8) is 0 Å². The van der Waals surface area contributed by atoms with Gasteiger partial charge in [-0.05, 0) is 13.0 Å². The quantitative estimate of drug-likeness (QED) is 0.746. The van der Waals surface area contributed by atoms with Crippen molar-refractivity contribution in [2.24, 2.45) is 0 Å². The highest BCUT2D eigenvalue weighted by atomic mass is 35.5. The maximum Gasteiger partial charge on any atom is 0.433 e. The fraction of sp³-hybridized carbons (Fsp3) is 0.375. The second-order valence-corrected chi connectivity index (χ2v) is 3.13. The zero-order chi connectivity index (χ0) is 10.9. The number of pyridine rings is 1. The summed E-state index contributed by atoms with van der Waals surface area (Å²) in [6, 6.07) is 2.32. The van der Waals surface area contributed by atoms with Crippen LogP contribution in [0.15, 0.2) is 12.1 Å². The van der Waals surface area contributed by atoms with E-state index in [1.54, 1.807) is 0 Å². The van der Waals surface area contributed by atoms with Gasteiger partial charge in [0.2, 0.25) is 0 Å². The lowest BCUT2D eigenvalue weighted by Crippen LogP contribution is -2.13. The fourth-order valence-electron chi connectivity index (χ4n) is 1.01. The third-order valence-corrected chi connectivity index (χ3v) is 1.82. The molecular formula is C8H7ClF3NO. The summed E-state index contributed by atoms with van der Waals surface area (Å²) in [6.07, 6.45) is -5.83. The number of aromatic nitrogens is 1. The Labute approximate surface area is 83.3 Å². The van der Waals surface area contributed by atoms with Crippen LogP contribution in [-0.4, -0.2) is 10.1 Å². The predicted molar refractivity (Wildman–Crippen MR) is 44.9 cm³/mol. The van der Waals surface area contributed by atoms with Crippen molar-refractivity contribution in [3.05, 3.63) is 28.5 Å². The molecule has 1 atom stereocenters. The molecule has 1 heterocycles. The number of alkyl halides is 3. The Kier molecular flexibility index (Phi) is 3.01. The fourth-order valence-corrected chi connectivity index (χ4v) is 1.16. The smallest absolute Gasteiger partial charge is 0.389 e. The van der Waals surface area contributed by atoms with Gasteiger partial charge in [-0.2, -0.15) is 13.2 Å². The van der Waals surface area contributed by atoms with Crippen LogP contribution in [0.3, 0.4) is 0 Å². The molecule has 6 heteroatoms. The van der Waals surface area contributed by atoms with Crippen molar-refractivity contribution in [2.75, 3.05) is 0 Å². The third-order valence-electron chi connectivity index (χ3n) is 1.61. The molecule has 0 spiro atoms. The molecule has 14 heavy (non-hydrogen) atoms. The van der Waals surface area contributed by atoms with E-state index < -0.39 is 18.0 Å². The molecule has 0 aliphatic heterocycles. The van der Waals surface area contributed by atoms with Crippen LogP contribution >= 0.6 is 11.6 Å². The molecule has 1 unspecified atom stereocenters. The van der Waals surface area contributed by atoms with Crippen LogP contribution in [0, 0.1) is 0 Å². The van der Waals surface area contributed by atoms with Crippen LogP contribution in [0.25, 0.3) is 0 Å². The van der Waals surface area contributed by atoms with E-state index >= 15 is 0 Å². The highest BCUT2D eigenvalue weighted by Crippen LogP contribution is 2.33. The number of aliphatic hydroxyl groups is 1. The van der Waals surface area contributed by atoms with Gasteiger partial charge in [0, 0.05) is 5.56 Å². The Morgan fingerprint density at radius 2 is 2.00 bits per heavy atom. The summed E-state index contributed by atoms with van der Waals surface area (Å²) in [5.74, 6) is 0. The van der Waals surface area contributed by atoms with Crippen LogP contribution in [0.5, 0.6) is 0 Å². The van der Waals surface area contributed by atoms with Crippen molar-refractivity contribution >= 4 is 11.6 Å². The summed E-state index contributed by atoms with van der Waals surface area (Å²) in [5, 5.41) is 8.83. The molecule has 78 valence electrons. The number of nitrogens with zero attached hydrogens (tertiary/aromatic N) is 1. The maximum absolute atomic E-state index is 12.4. The SMILES string of the molecule is CC(O)c1ccc(Cl)nc1C(F)(F)F. The molecule has 1 aromatic rings. The second-order valence-electron chi connectivity index (χ2n) is 2.75. The van der Waals surface area contributed by atoms with Gasteiger partial charge in [0.15, 0.2) is 5.69 Å². The van der Waals surface area contributed by atoms with Gasteiger partial charge >= 0.3 is 6.18 Å². The molecule has 0 aromatic carbocycles. The molecule has 0 radical (unpaired) electrons. The van der Waals surface area contributed by atoms with E-state index in [2.05, 4.69) is 4.98 Å². The summed E-state index contributed by atoms with van der Waals surface area (Å²) >= 11 is 5.33. The van der Waals surface area contributed by atoms with Gasteiger partial charge in [-0.1, -0.05) is 17.7 Å². The van der Waals surface area contributed by atoms with Crippen molar-refractivity contribution in [3.8, 4) is 0 Å². The summed E-state index contributed by atoms with van der Waals surface area (Å²) in [6.45, 7) is 1.24. The van der Waals surface area contributed by atoms with Crippen LogP contribution in [0.1, 0.15) is 24.3 Å². The van der Waals surface area contributed by atoms with Gasteiger partial charge in [0.25, 0.3) is 0 Å². The largest absolute Gasteiger partial charge is 0.433 e. The van der Waals surface area contributed by atoms with E-state index in [4.69, 9.17) is 16.7 Å². The second kappa shape index (κ2) is 3.74. The van der Waals surface area contributed by atoms with E-state index in [1.807, 2.05) is 0 Å². The summed E-state index contributed by atoms with van der Waals surface area (Å²) < 4.78 is 37.1. The van der Waals surface area contributed by atoms with Crippen molar-refractivity contribution in [1.29, 1.82) is 0 Å². The summed E-state index contributed by atoms with van der Waals surface area (Å²) in [5.41, 5.74) is -1.41. The lowest BCUT2D eigenvalue weighted by atomic mass is 10.1. The van der Waals surface area contributed by atoms with Gasteiger partial charge < -0.3 is 5.11 Å². The molecule has 0 bridgehead atoms. The van der Waals surface area contributed by atoms with E-state index in [0.29, 0.717) is 0 Å². The molecule has 0 aliphatic carbocycles. The molecule has 1 rings (SSSR count). The van der Waals surface area contributed by atoms with E-state index in [9.17, 15) is 13.2 Å². The molecule has 1 N–H and O–H groups in total. The average Bonchev–Trinajstić information content (AvgIpc) is 2.01. The third kappa shape index (κ3) is 2.36. The first kappa shape index (κ1) is 11.3. The van der Waals surface area contributed by atoms with Crippen molar-refractivity contribution in [2.45, 2.75) is 19.2 Å². The highest BCUT2D eigenvalue weighted by molar-refractivity contribution is 6.29. The van der Waals surface area contributed by atoms with Crippen molar-refractivity contribution < 1.29 is 18.3 Å². The monoisotopic (exact) mass is 225 g/mol. The van der Waals surface area contributed by atoms with Crippen molar-refractivity contribution in [1.82, 2.24) is 4.98 Å². The Bertz CT molecular complexity index is 338. The van der Waals surface area contributed by atoms with E-state index in [-0.39, 0.29) is 10.7 Å². The minimum atomic E-state index is -4.60. The minimum absolute atomic E-state index is 0.248. The Morgan fingerprint density at radius 1 is 1.43 bits per heavy atom. The van der Waals surface area contributed by atoms with Crippen LogP contribution in [0.4, 0.5) is 13.2 Å². The standard InChI is InChI=1S/C8H7ClF3NO/c1-4(14)5-2-3-6(9)13-7(5)8(10,11)12/h2-4,14H,1H3. The summed E-state index contributed by atoms with van der Waals surface area (Å²) in [4.78, 5) is 3.15. The van der Waals surface area contributed by atoms with Gasteiger partial charge in [-0.15, -0.1) is 0 Å². The molecule has 2 nitrogen and oxygen atoms in total. The topological polar surface area (TPSA) is 33.1 Å². The molecule has 1 aromatic heterocycles. The lowest BCUT2D eigenvalue weighted by Gasteiger charge is -2.13. The first-order valence-electron chi connectivity index (χ1n) is 3.74. The first-order chi connectivity index (χ1) is 6.32. The molecule has 0 fully saturated rings. The summed E-state index contributed by atoms with van der Waals surface area (Å²) in [7, 11) is 0. The van der Waals surface area contributed by atoms with E-state index in [1.165, 1.54) is 13.0 Å². The molecule has 0 saturated heterocycles. The number of aliphatic hydroxyl groups excluding tert-OH is 1. The normalized spacial score (nSPS) is 14.1. The van der Waals surface area contributed by atoms with Gasteiger partial charge in [-0.3, -0.25) is 0 Å². The Morgan fingerprint density at radius 3 is 2.43 bits per heavy atom. The average molecular weight is 226 g/mol. The van der Waals surface area contributed by atoms with Gasteiger partial charge in [0.05, 0.1) is 6.10 Å². The number of halogens is 4. The molecule has 0 aliphatic rings. The number of rotatable bonds is 1. The van der Waals surface area contributed by atoms with Crippen LogP contribution in [0.2, 0.25) is 5.15 Å². The minimum Gasteiger partial charge on any atom is -0.389 e. The zero-order valence-corrected chi connectivity index (χ0v) is 7.89. The Hall–Kier alpha value is -0.810. The lowest BCUT2D eigenvalue weighted by molar-refractivity contribution is -0.142. The molecule has 0 saturated carbocycles. The number of hydrogen-bond donors (Lipinski definition) is 1. The van der Waals surface area contributed by atoms with Crippen LogP contribution in [-0.2, 0) is 6.18 Å².